The van der Waals surface area contributed by atoms with Gasteiger partial charge in [-0.1, -0.05) is 44.0 Å². The molecule has 0 saturated carbocycles. The van der Waals surface area contributed by atoms with Crippen molar-refractivity contribution in [3.8, 4) is 6.07 Å². The second kappa shape index (κ2) is 3.81. The lowest BCUT2D eigenvalue weighted by atomic mass is 9.86. The average molecular weight is 228 g/mol. The van der Waals surface area contributed by atoms with Crippen LogP contribution in [-0.4, -0.2) is 0 Å². The minimum atomic E-state index is -0.109. The molecule has 0 spiro atoms. The molecule has 0 saturated heterocycles. The lowest BCUT2D eigenvalue weighted by molar-refractivity contribution is 0.591. The van der Waals surface area contributed by atoms with Crippen LogP contribution in [0.2, 0.25) is 10.0 Å². The first kappa shape index (κ1) is 11.4. The van der Waals surface area contributed by atoms with Crippen molar-refractivity contribution in [1.82, 2.24) is 0 Å². The molecule has 14 heavy (non-hydrogen) atoms. The van der Waals surface area contributed by atoms with Gasteiger partial charge in [0, 0.05) is 10.0 Å². The number of halogens is 2. The van der Waals surface area contributed by atoms with E-state index in [1.54, 1.807) is 12.1 Å². The Kier molecular flexibility index (Phi) is 3.09. The van der Waals surface area contributed by atoms with Gasteiger partial charge in [0.2, 0.25) is 0 Å². The van der Waals surface area contributed by atoms with Crippen molar-refractivity contribution < 1.29 is 0 Å². The van der Waals surface area contributed by atoms with Crippen LogP contribution in [-0.2, 0) is 5.41 Å². The highest BCUT2D eigenvalue weighted by Gasteiger charge is 2.21. The Hall–Kier alpha value is -0.710. The average Bonchev–Trinajstić information content (AvgIpc) is 1.99. The van der Waals surface area contributed by atoms with Gasteiger partial charge in [0.25, 0.3) is 0 Å². The molecule has 0 N–H and O–H groups in total. The van der Waals surface area contributed by atoms with Crippen molar-refractivity contribution in [2.45, 2.75) is 26.2 Å². The second-order valence-corrected chi connectivity index (χ2v) is 4.99. The van der Waals surface area contributed by atoms with E-state index in [1.165, 1.54) is 0 Å². The first-order valence-electron chi connectivity index (χ1n) is 4.26. The molecule has 0 fully saturated rings. The van der Waals surface area contributed by atoms with Gasteiger partial charge in [-0.2, -0.15) is 5.26 Å². The summed E-state index contributed by atoms with van der Waals surface area (Å²) in [6.07, 6.45) is 0. The fourth-order valence-corrected chi connectivity index (χ4v) is 2.41. The molecule has 0 aliphatic rings. The van der Waals surface area contributed by atoms with Crippen LogP contribution in [0.5, 0.6) is 0 Å². The van der Waals surface area contributed by atoms with E-state index >= 15 is 0 Å². The van der Waals surface area contributed by atoms with E-state index in [4.69, 9.17) is 28.5 Å². The quantitative estimate of drug-likeness (QED) is 0.653. The monoisotopic (exact) mass is 227 g/mol. The third kappa shape index (κ3) is 2.20. The maximum atomic E-state index is 8.71. The molecule has 0 aromatic heterocycles. The van der Waals surface area contributed by atoms with Gasteiger partial charge in [0.1, 0.15) is 0 Å². The molecule has 1 aromatic carbocycles. The third-order valence-electron chi connectivity index (χ3n) is 1.92. The number of hydrogen-bond donors (Lipinski definition) is 0. The van der Waals surface area contributed by atoms with Crippen molar-refractivity contribution in [3.63, 3.8) is 0 Å². The van der Waals surface area contributed by atoms with Crippen LogP contribution >= 0.6 is 23.2 Å². The summed E-state index contributed by atoms with van der Waals surface area (Å²) in [7, 11) is 0. The molecular formula is C11H11Cl2N. The normalized spacial score (nSPS) is 11.1. The molecule has 0 heterocycles. The largest absolute Gasteiger partial charge is 0.192 e. The number of nitrogens with zero attached hydrogens (tertiary/aromatic N) is 1. The molecule has 1 aromatic rings. The SMILES string of the molecule is CC(C)(C)c1c(Cl)cc(C#N)cc1Cl. The van der Waals surface area contributed by atoms with Gasteiger partial charge in [0.15, 0.2) is 0 Å². The maximum Gasteiger partial charge on any atom is 0.0992 e. The number of rotatable bonds is 0. The summed E-state index contributed by atoms with van der Waals surface area (Å²) in [5, 5.41) is 9.83. The molecule has 74 valence electrons. The highest BCUT2D eigenvalue weighted by atomic mass is 35.5. The maximum absolute atomic E-state index is 8.71. The molecule has 0 atom stereocenters. The molecule has 1 nitrogen and oxygen atoms in total. The zero-order chi connectivity index (χ0) is 10.9. The van der Waals surface area contributed by atoms with Crippen molar-refractivity contribution >= 4 is 23.2 Å². The fraction of sp³-hybridized carbons (Fsp3) is 0.364. The summed E-state index contributed by atoms with van der Waals surface area (Å²) in [6.45, 7) is 6.10. The summed E-state index contributed by atoms with van der Waals surface area (Å²) in [5.41, 5.74) is 1.27. The molecule has 3 heteroatoms. The van der Waals surface area contributed by atoms with Crippen molar-refractivity contribution in [2.75, 3.05) is 0 Å². The smallest absolute Gasteiger partial charge is 0.0992 e. The Morgan fingerprint density at radius 1 is 1.14 bits per heavy atom. The van der Waals surface area contributed by atoms with Crippen LogP contribution < -0.4 is 0 Å². The Bertz CT molecular complexity index is 374. The van der Waals surface area contributed by atoms with E-state index in [0.29, 0.717) is 15.6 Å². The van der Waals surface area contributed by atoms with Gasteiger partial charge in [0.05, 0.1) is 11.6 Å². The summed E-state index contributed by atoms with van der Waals surface area (Å²) in [4.78, 5) is 0. The molecule has 0 aliphatic heterocycles. The zero-order valence-corrected chi connectivity index (χ0v) is 9.87. The summed E-state index contributed by atoms with van der Waals surface area (Å²) in [6, 6.07) is 5.31. The standard InChI is InChI=1S/C11H11Cl2N/c1-11(2,3)10-8(12)4-7(6-14)5-9(10)13/h4-5H,1-3H3. The number of benzene rings is 1. The number of nitriles is 1. The summed E-state index contributed by atoms with van der Waals surface area (Å²) in [5.74, 6) is 0. The van der Waals surface area contributed by atoms with Crippen LogP contribution in [0, 0.1) is 11.3 Å². The second-order valence-electron chi connectivity index (χ2n) is 4.18. The van der Waals surface area contributed by atoms with Crippen molar-refractivity contribution in [1.29, 1.82) is 5.26 Å². The van der Waals surface area contributed by atoms with Gasteiger partial charge in [-0.25, -0.2) is 0 Å². The van der Waals surface area contributed by atoms with Crippen molar-refractivity contribution in [3.05, 3.63) is 33.3 Å². The van der Waals surface area contributed by atoms with Gasteiger partial charge >= 0.3 is 0 Å². The molecule has 0 radical (unpaired) electrons. The zero-order valence-electron chi connectivity index (χ0n) is 8.36. The van der Waals surface area contributed by atoms with Crippen LogP contribution in [0.15, 0.2) is 12.1 Å². The summed E-state index contributed by atoms with van der Waals surface area (Å²) < 4.78 is 0. The first-order valence-corrected chi connectivity index (χ1v) is 5.01. The van der Waals surface area contributed by atoms with Crippen LogP contribution in [0.4, 0.5) is 0 Å². The fourth-order valence-electron chi connectivity index (χ4n) is 1.35. The molecule has 0 bridgehead atoms. The van der Waals surface area contributed by atoms with Gasteiger partial charge in [-0.3, -0.25) is 0 Å². The molecule has 0 unspecified atom stereocenters. The van der Waals surface area contributed by atoms with Gasteiger partial charge < -0.3 is 0 Å². The summed E-state index contributed by atoms with van der Waals surface area (Å²) >= 11 is 12.1. The highest BCUT2D eigenvalue weighted by Crippen LogP contribution is 2.36. The first-order chi connectivity index (χ1) is 6.36. The topological polar surface area (TPSA) is 23.8 Å². The van der Waals surface area contributed by atoms with E-state index in [2.05, 4.69) is 0 Å². The Labute approximate surface area is 94.3 Å². The van der Waals surface area contributed by atoms with E-state index in [1.807, 2.05) is 26.8 Å². The Balaban J connectivity index is 3.42. The van der Waals surface area contributed by atoms with Crippen LogP contribution in [0.1, 0.15) is 31.9 Å². The molecule has 0 aliphatic carbocycles. The predicted octanol–water partition coefficient (Wildman–Crippen LogP) is 4.16. The lowest BCUT2D eigenvalue weighted by Crippen LogP contribution is -2.12. The van der Waals surface area contributed by atoms with Crippen molar-refractivity contribution in [2.24, 2.45) is 0 Å². The number of hydrogen-bond acceptors (Lipinski definition) is 1. The molecule has 1 rings (SSSR count). The highest BCUT2D eigenvalue weighted by molar-refractivity contribution is 6.36. The van der Waals surface area contributed by atoms with Crippen LogP contribution in [0.3, 0.4) is 0 Å². The minimum Gasteiger partial charge on any atom is -0.192 e. The molecule has 0 amide bonds. The van der Waals surface area contributed by atoms with E-state index < -0.39 is 0 Å². The Morgan fingerprint density at radius 2 is 1.57 bits per heavy atom. The van der Waals surface area contributed by atoms with E-state index in [0.717, 1.165) is 5.56 Å². The van der Waals surface area contributed by atoms with E-state index in [9.17, 15) is 0 Å². The predicted molar refractivity (Wildman–Crippen MR) is 59.9 cm³/mol. The van der Waals surface area contributed by atoms with Gasteiger partial charge in [-0.15, -0.1) is 0 Å². The molecular weight excluding hydrogens is 217 g/mol. The van der Waals surface area contributed by atoms with E-state index in [-0.39, 0.29) is 5.41 Å². The third-order valence-corrected chi connectivity index (χ3v) is 2.52. The van der Waals surface area contributed by atoms with Crippen LogP contribution in [0.25, 0.3) is 0 Å². The Morgan fingerprint density at radius 3 is 1.86 bits per heavy atom. The van der Waals surface area contributed by atoms with Gasteiger partial charge in [-0.05, 0) is 23.1 Å². The minimum absolute atomic E-state index is 0.109. The lowest BCUT2D eigenvalue weighted by Gasteiger charge is -2.22.